The van der Waals surface area contributed by atoms with Gasteiger partial charge in [-0.3, -0.25) is 4.55 Å². The number of hydrogen-bond donors (Lipinski definition) is 2. The first-order valence-corrected chi connectivity index (χ1v) is 6.17. The Morgan fingerprint density at radius 3 is 2.65 bits per heavy atom. The van der Waals surface area contributed by atoms with Crippen LogP contribution >= 0.6 is 0 Å². The van der Waals surface area contributed by atoms with Crippen molar-refractivity contribution < 1.29 is 27.3 Å². The molecule has 17 heavy (non-hydrogen) atoms. The number of hydrogen-bond acceptors (Lipinski definition) is 4. The molecule has 0 fully saturated rings. The summed E-state index contributed by atoms with van der Waals surface area (Å²) in [6.45, 7) is 0. The minimum absolute atomic E-state index is 0.155. The van der Waals surface area contributed by atoms with E-state index in [1.54, 1.807) is 12.1 Å². The van der Waals surface area contributed by atoms with Crippen molar-refractivity contribution in [2.24, 2.45) is 0 Å². The van der Waals surface area contributed by atoms with Crippen molar-refractivity contribution in [1.29, 1.82) is 0 Å². The van der Waals surface area contributed by atoms with Crippen molar-refractivity contribution >= 4 is 27.1 Å². The van der Waals surface area contributed by atoms with Crippen molar-refractivity contribution in [2.45, 2.75) is 5.75 Å². The van der Waals surface area contributed by atoms with Crippen LogP contribution in [-0.4, -0.2) is 24.0 Å². The highest BCUT2D eigenvalue weighted by molar-refractivity contribution is 7.85. The van der Waals surface area contributed by atoms with Gasteiger partial charge in [-0.05, 0) is 6.07 Å². The maximum atomic E-state index is 10.8. The van der Waals surface area contributed by atoms with Gasteiger partial charge in [-0.15, -0.1) is 0 Å². The molecule has 0 aliphatic carbocycles. The largest absolute Gasteiger partial charge is 0.475 e. The second-order valence-corrected chi connectivity index (χ2v) is 4.93. The summed E-state index contributed by atoms with van der Waals surface area (Å²) < 4.78 is 35.4. The lowest BCUT2D eigenvalue weighted by Crippen LogP contribution is -2.01. The zero-order valence-corrected chi connectivity index (χ0v) is 9.27. The summed E-state index contributed by atoms with van der Waals surface area (Å²) in [7, 11) is -4.19. The predicted octanol–water partition coefficient (Wildman–Crippen LogP) is 1.52. The Morgan fingerprint density at radius 1 is 1.35 bits per heavy atom. The minimum Gasteiger partial charge on any atom is -0.475 e. The van der Waals surface area contributed by atoms with Gasteiger partial charge in [0.05, 0.1) is 0 Å². The molecule has 2 N–H and O–H groups in total. The molecule has 1 heterocycles. The van der Waals surface area contributed by atoms with Crippen LogP contribution in [0, 0.1) is 0 Å². The van der Waals surface area contributed by atoms with Gasteiger partial charge >= 0.3 is 5.97 Å². The molecular weight excluding hydrogens is 248 g/mol. The first kappa shape index (κ1) is 11.6. The summed E-state index contributed by atoms with van der Waals surface area (Å²) in [4.78, 5) is 10.7. The van der Waals surface area contributed by atoms with Crippen molar-refractivity contribution in [3.05, 3.63) is 35.6 Å². The van der Waals surface area contributed by atoms with Gasteiger partial charge in [0.1, 0.15) is 11.3 Å². The van der Waals surface area contributed by atoms with E-state index in [0.717, 1.165) is 0 Å². The summed E-state index contributed by atoms with van der Waals surface area (Å²) in [6, 6.07) is 5.90. The quantitative estimate of drug-likeness (QED) is 0.806. The van der Waals surface area contributed by atoms with E-state index in [4.69, 9.17) is 14.1 Å². The van der Waals surface area contributed by atoms with Crippen LogP contribution in [-0.2, 0) is 15.9 Å². The van der Waals surface area contributed by atoms with E-state index in [1.165, 1.54) is 12.1 Å². The number of carbonyl (C=O) groups is 1. The van der Waals surface area contributed by atoms with Gasteiger partial charge in [0, 0.05) is 10.9 Å². The van der Waals surface area contributed by atoms with Gasteiger partial charge in [0.25, 0.3) is 10.1 Å². The summed E-state index contributed by atoms with van der Waals surface area (Å²) in [5.74, 6) is -2.13. The number of aromatic carboxylic acids is 1. The molecule has 0 bridgehead atoms. The maximum absolute atomic E-state index is 10.8. The molecule has 0 aliphatic rings. The van der Waals surface area contributed by atoms with Crippen LogP contribution in [0.2, 0.25) is 0 Å². The number of furan rings is 1. The zero-order chi connectivity index (χ0) is 12.6. The van der Waals surface area contributed by atoms with Crippen molar-refractivity contribution in [3.8, 4) is 0 Å². The van der Waals surface area contributed by atoms with Crippen LogP contribution in [0.25, 0.3) is 11.0 Å². The molecule has 2 rings (SSSR count). The Balaban J connectivity index is 2.61. The van der Waals surface area contributed by atoms with Crippen molar-refractivity contribution in [1.82, 2.24) is 0 Å². The molecule has 1 aromatic carbocycles. The summed E-state index contributed by atoms with van der Waals surface area (Å²) in [5, 5.41) is 9.22. The number of carboxylic acids is 1. The number of fused-ring (bicyclic) bond motifs is 1. The average molecular weight is 256 g/mol. The molecule has 0 unspecified atom stereocenters. The highest BCUT2D eigenvalue weighted by atomic mass is 32.2. The van der Waals surface area contributed by atoms with Gasteiger partial charge in [-0.25, -0.2) is 4.79 Å². The standard InChI is InChI=1S/C10H8O6S/c11-10(12)8-4-6-2-1-3-7(9(6)16-8)5-17(13,14)15/h1-4H,5H2,(H,11,12)(H,13,14,15). The normalized spacial score (nSPS) is 11.8. The monoisotopic (exact) mass is 256 g/mol. The lowest BCUT2D eigenvalue weighted by atomic mass is 10.2. The van der Waals surface area contributed by atoms with Crippen LogP contribution in [0.3, 0.4) is 0 Å². The summed E-state index contributed by atoms with van der Waals surface area (Å²) in [5.41, 5.74) is 0.375. The fourth-order valence-electron chi connectivity index (χ4n) is 1.54. The summed E-state index contributed by atoms with van der Waals surface area (Å²) >= 11 is 0. The third-order valence-corrected chi connectivity index (χ3v) is 2.85. The molecule has 0 radical (unpaired) electrons. The third-order valence-electron chi connectivity index (χ3n) is 2.17. The van der Waals surface area contributed by atoms with E-state index >= 15 is 0 Å². The first-order valence-electron chi connectivity index (χ1n) is 4.57. The molecular formula is C10H8O6S. The van der Waals surface area contributed by atoms with E-state index in [0.29, 0.717) is 5.39 Å². The first-order chi connectivity index (χ1) is 7.87. The van der Waals surface area contributed by atoms with Crippen LogP contribution < -0.4 is 0 Å². The Hall–Kier alpha value is -1.86. The van der Waals surface area contributed by atoms with Gasteiger partial charge in [0.2, 0.25) is 5.76 Å². The molecule has 90 valence electrons. The van der Waals surface area contributed by atoms with Gasteiger partial charge in [0.15, 0.2) is 0 Å². The molecule has 6 nitrogen and oxygen atoms in total. The van der Waals surface area contributed by atoms with E-state index in [-0.39, 0.29) is 16.9 Å². The smallest absolute Gasteiger partial charge is 0.371 e. The van der Waals surface area contributed by atoms with Gasteiger partial charge in [-0.1, -0.05) is 18.2 Å². The SMILES string of the molecule is O=C(O)c1cc2cccc(CS(=O)(=O)O)c2o1. The fraction of sp³-hybridized carbons (Fsp3) is 0.100. The minimum atomic E-state index is -4.19. The van der Waals surface area contributed by atoms with Gasteiger partial charge in [-0.2, -0.15) is 8.42 Å². The van der Waals surface area contributed by atoms with Crippen LogP contribution in [0.5, 0.6) is 0 Å². The van der Waals surface area contributed by atoms with Crippen LogP contribution in [0.4, 0.5) is 0 Å². The maximum Gasteiger partial charge on any atom is 0.371 e. The number of para-hydroxylation sites is 1. The second-order valence-electron chi connectivity index (χ2n) is 3.48. The number of carboxylic acid groups (broad SMARTS) is 1. The molecule has 1 aromatic heterocycles. The Morgan fingerprint density at radius 2 is 2.06 bits per heavy atom. The van der Waals surface area contributed by atoms with Crippen molar-refractivity contribution in [2.75, 3.05) is 0 Å². The topological polar surface area (TPSA) is 105 Å². The predicted molar refractivity (Wildman–Crippen MR) is 58.4 cm³/mol. The van der Waals surface area contributed by atoms with E-state index in [2.05, 4.69) is 0 Å². The zero-order valence-electron chi connectivity index (χ0n) is 8.45. The molecule has 7 heteroatoms. The Kier molecular flexibility index (Phi) is 2.64. The number of benzene rings is 1. The Bertz CT molecular complexity index is 682. The molecule has 0 atom stereocenters. The fourth-order valence-corrected chi connectivity index (χ4v) is 2.16. The van der Waals surface area contributed by atoms with E-state index < -0.39 is 21.8 Å². The molecule has 0 saturated carbocycles. The van der Waals surface area contributed by atoms with Crippen LogP contribution in [0.1, 0.15) is 16.1 Å². The lowest BCUT2D eigenvalue weighted by Gasteiger charge is -1.98. The third kappa shape index (κ3) is 2.45. The summed E-state index contributed by atoms with van der Waals surface area (Å²) in [6.07, 6.45) is 0. The lowest BCUT2D eigenvalue weighted by molar-refractivity contribution is 0.0665. The number of rotatable bonds is 3. The van der Waals surface area contributed by atoms with Crippen LogP contribution in [0.15, 0.2) is 28.7 Å². The second kappa shape index (κ2) is 3.86. The van der Waals surface area contributed by atoms with E-state index in [1.807, 2.05) is 0 Å². The molecule has 0 amide bonds. The molecule has 0 aliphatic heterocycles. The highest BCUT2D eigenvalue weighted by Gasteiger charge is 2.16. The Labute approximate surface area is 96.2 Å². The van der Waals surface area contributed by atoms with E-state index in [9.17, 15) is 13.2 Å². The average Bonchev–Trinajstić information content (AvgIpc) is 2.60. The van der Waals surface area contributed by atoms with Crippen molar-refractivity contribution in [3.63, 3.8) is 0 Å². The van der Waals surface area contributed by atoms with Gasteiger partial charge < -0.3 is 9.52 Å². The molecule has 0 saturated heterocycles. The molecule has 0 spiro atoms. The highest BCUT2D eigenvalue weighted by Crippen LogP contribution is 2.24. The molecule has 2 aromatic rings.